The molecule has 0 bridgehead atoms. The normalized spacial score (nSPS) is 10.4. The molecule has 0 spiro atoms. The molecule has 5 nitrogen and oxygen atoms in total. The zero-order valence-electron chi connectivity index (χ0n) is 10.1. The van der Waals surface area contributed by atoms with Crippen molar-refractivity contribution in [2.75, 3.05) is 20.1 Å². The van der Waals surface area contributed by atoms with Gasteiger partial charge in [-0.15, -0.1) is 21.8 Å². The van der Waals surface area contributed by atoms with E-state index in [2.05, 4.69) is 10.2 Å². The molecule has 0 aliphatic heterocycles. The number of benzene rings is 1. The SMILES string of the molecule is COc1ccc(-c2nnc(CCCl)o2)c(OC)c1. The number of alkyl halides is 1. The van der Waals surface area contributed by atoms with Gasteiger partial charge in [-0.3, -0.25) is 0 Å². The Labute approximate surface area is 110 Å². The predicted molar refractivity (Wildman–Crippen MR) is 67.3 cm³/mol. The molecule has 1 aromatic carbocycles. The monoisotopic (exact) mass is 268 g/mol. The summed E-state index contributed by atoms with van der Waals surface area (Å²) < 4.78 is 15.9. The third-order valence-corrected chi connectivity index (χ3v) is 2.60. The van der Waals surface area contributed by atoms with Crippen LogP contribution in [0.5, 0.6) is 11.5 Å². The summed E-state index contributed by atoms with van der Waals surface area (Å²) in [4.78, 5) is 0. The van der Waals surface area contributed by atoms with Gasteiger partial charge in [-0.25, -0.2) is 0 Å². The van der Waals surface area contributed by atoms with Gasteiger partial charge in [0.15, 0.2) is 0 Å². The van der Waals surface area contributed by atoms with Crippen LogP contribution in [0.1, 0.15) is 5.89 Å². The maximum atomic E-state index is 5.62. The second-order valence-electron chi connectivity index (χ2n) is 3.51. The fraction of sp³-hybridized carbons (Fsp3) is 0.333. The highest BCUT2D eigenvalue weighted by molar-refractivity contribution is 6.17. The first kappa shape index (κ1) is 12.7. The van der Waals surface area contributed by atoms with Crippen LogP contribution < -0.4 is 9.47 Å². The minimum absolute atomic E-state index is 0.412. The van der Waals surface area contributed by atoms with E-state index in [-0.39, 0.29) is 0 Å². The molecule has 0 aliphatic carbocycles. The Morgan fingerprint density at radius 2 is 2.06 bits per heavy atom. The average molecular weight is 269 g/mol. The van der Waals surface area contributed by atoms with Crippen LogP contribution in [-0.4, -0.2) is 30.3 Å². The van der Waals surface area contributed by atoms with Gasteiger partial charge in [0, 0.05) is 18.4 Å². The van der Waals surface area contributed by atoms with Gasteiger partial charge in [0.25, 0.3) is 5.89 Å². The Morgan fingerprint density at radius 3 is 2.72 bits per heavy atom. The number of hydrogen-bond donors (Lipinski definition) is 0. The lowest BCUT2D eigenvalue weighted by Gasteiger charge is -2.07. The summed E-state index contributed by atoms with van der Waals surface area (Å²) in [6.07, 6.45) is 0.549. The lowest BCUT2D eigenvalue weighted by atomic mass is 10.2. The zero-order valence-corrected chi connectivity index (χ0v) is 10.9. The third-order valence-electron chi connectivity index (χ3n) is 2.41. The number of aromatic nitrogens is 2. The maximum absolute atomic E-state index is 5.62. The lowest BCUT2D eigenvalue weighted by Crippen LogP contribution is -1.90. The van der Waals surface area contributed by atoms with Crippen molar-refractivity contribution in [3.63, 3.8) is 0 Å². The van der Waals surface area contributed by atoms with Gasteiger partial charge in [-0.1, -0.05) is 0 Å². The quantitative estimate of drug-likeness (QED) is 0.780. The Morgan fingerprint density at radius 1 is 1.22 bits per heavy atom. The number of aryl methyl sites for hydroxylation is 1. The molecule has 0 fully saturated rings. The summed E-state index contributed by atoms with van der Waals surface area (Å²) in [5.41, 5.74) is 0.728. The molecule has 0 unspecified atom stereocenters. The van der Waals surface area contributed by atoms with E-state index >= 15 is 0 Å². The molecule has 0 radical (unpaired) electrons. The van der Waals surface area contributed by atoms with Crippen LogP contribution in [-0.2, 0) is 6.42 Å². The second kappa shape index (κ2) is 5.73. The highest BCUT2D eigenvalue weighted by Gasteiger charge is 2.14. The molecule has 0 atom stereocenters. The Bertz CT molecular complexity index is 528. The van der Waals surface area contributed by atoms with Crippen molar-refractivity contribution in [3.05, 3.63) is 24.1 Å². The van der Waals surface area contributed by atoms with Crippen molar-refractivity contribution in [2.24, 2.45) is 0 Å². The van der Waals surface area contributed by atoms with Gasteiger partial charge in [0.1, 0.15) is 11.5 Å². The Balaban J connectivity index is 2.36. The molecule has 0 N–H and O–H groups in total. The smallest absolute Gasteiger partial charge is 0.251 e. The van der Waals surface area contributed by atoms with Gasteiger partial charge < -0.3 is 13.9 Å². The number of hydrogen-bond acceptors (Lipinski definition) is 5. The van der Waals surface area contributed by atoms with Crippen molar-refractivity contribution >= 4 is 11.6 Å². The van der Waals surface area contributed by atoms with E-state index in [1.54, 1.807) is 20.3 Å². The fourth-order valence-corrected chi connectivity index (χ4v) is 1.68. The van der Waals surface area contributed by atoms with Crippen molar-refractivity contribution in [1.82, 2.24) is 10.2 Å². The molecule has 6 heteroatoms. The van der Waals surface area contributed by atoms with Crippen LogP contribution in [0.2, 0.25) is 0 Å². The van der Waals surface area contributed by atoms with E-state index in [1.807, 2.05) is 12.1 Å². The van der Waals surface area contributed by atoms with Crippen LogP contribution in [0, 0.1) is 0 Å². The summed E-state index contributed by atoms with van der Waals surface area (Å²) in [7, 11) is 3.17. The maximum Gasteiger partial charge on any atom is 0.251 e. The van der Waals surface area contributed by atoms with Gasteiger partial charge >= 0.3 is 0 Å². The number of nitrogens with zero attached hydrogens (tertiary/aromatic N) is 2. The summed E-state index contributed by atoms with van der Waals surface area (Å²) >= 11 is 5.62. The first-order valence-corrected chi connectivity index (χ1v) is 5.92. The molecular weight excluding hydrogens is 256 g/mol. The Hall–Kier alpha value is -1.75. The molecule has 0 amide bonds. The standard InChI is InChI=1S/C12H13ClN2O3/c1-16-8-3-4-9(10(7-8)17-2)12-15-14-11(18-12)5-6-13/h3-4,7H,5-6H2,1-2H3. The van der Waals surface area contributed by atoms with E-state index in [0.717, 1.165) is 5.56 Å². The van der Waals surface area contributed by atoms with Crippen LogP contribution in [0.3, 0.4) is 0 Å². The van der Waals surface area contributed by atoms with E-state index < -0.39 is 0 Å². The second-order valence-corrected chi connectivity index (χ2v) is 3.88. The van der Waals surface area contributed by atoms with Gasteiger partial charge in [0.05, 0.1) is 19.8 Å². The first-order chi connectivity index (χ1) is 8.78. The highest BCUT2D eigenvalue weighted by Crippen LogP contribution is 2.32. The molecular formula is C12H13ClN2O3. The molecule has 18 heavy (non-hydrogen) atoms. The van der Waals surface area contributed by atoms with Crippen molar-refractivity contribution in [3.8, 4) is 23.0 Å². The van der Waals surface area contributed by atoms with E-state index in [0.29, 0.717) is 35.6 Å². The third kappa shape index (κ3) is 2.56. The largest absolute Gasteiger partial charge is 0.497 e. The minimum atomic E-state index is 0.412. The number of rotatable bonds is 5. The molecule has 0 saturated carbocycles. The molecule has 0 aliphatic rings. The Kier molecular flexibility index (Phi) is 4.04. The summed E-state index contributed by atoms with van der Waals surface area (Å²) in [5, 5.41) is 7.89. The zero-order chi connectivity index (χ0) is 13.0. The summed E-state index contributed by atoms with van der Waals surface area (Å²) in [5.74, 6) is 2.69. The van der Waals surface area contributed by atoms with E-state index in [1.165, 1.54) is 0 Å². The van der Waals surface area contributed by atoms with Crippen LogP contribution >= 0.6 is 11.6 Å². The van der Waals surface area contributed by atoms with Crippen LogP contribution in [0.25, 0.3) is 11.5 Å². The summed E-state index contributed by atoms with van der Waals surface area (Å²) in [6.45, 7) is 0. The van der Waals surface area contributed by atoms with Crippen LogP contribution in [0.4, 0.5) is 0 Å². The molecule has 1 heterocycles. The fourth-order valence-electron chi connectivity index (χ4n) is 1.52. The number of halogens is 1. The van der Waals surface area contributed by atoms with Crippen molar-refractivity contribution in [1.29, 1.82) is 0 Å². The highest BCUT2D eigenvalue weighted by atomic mass is 35.5. The van der Waals surface area contributed by atoms with E-state index in [9.17, 15) is 0 Å². The first-order valence-electron chi connectivity index (χ1n) is 5.39. The summed E-state index contributed by atoms with van der Waals surface area (Å²) in [6, 6.07) is 5.39. The van der Waals surface area contributed by atoms with Crippen molar-refractivity contribution < 1.29 is 13.9 Å². The predicted octanol–water partition coefficient (Wildman–Crippen LogP) is 2.54. The van der Waals surface area contributed by atoms with E-state index in [4.69, 9.17) is 25.5 Å². The van der Waals surface area contributed by atoms with Gasteiger partial charge in [0.2, 0.25) is 5.89 Å². The van der Waals surface area contributed by atoms with Crippen molar-refractivity contribution in [2.45, 2.75) is 6.42 Å². The van der Waals surface area contributed by atoms with Gasteiger partial charge in [-0.05, 0) is 12.1 Å². The topological polar surface area (TPSA) is 57.4 Å². The molecule has 0 saturated heterocycles. The van der Waals surface area contributed by atoms with Crippen LogP contribution in [0.15, 0.2) is 22.6 Å². The molecule has 2 aromatic rings. The molecule has 96 valence electrons. The number of methoxy groups -OCH3 is 2. The lowest BCUT2D eigenvalue weighted by molar-refractivity contribution is 0.394. The number of ether oxygens (including phenoxy) is 2. The molecule has 2 rings (SSSR count). The minimum Gasteiger partial charge on any atom is -0.497 e. The average Bonchev–Trinajstić information content (AvgIpc) is 2.87. The van der Waals surface area contributed by atoms with Gasteiger partial charge in [-0.2, -0.15) is 0 Å². The molecule has 1 aromatic heterocycles.